The zero-order chi connectivity index (χ0) is 17.4. The summed E-state index contributed by atoms with van der Waals surface area (Å²) in [5, 5.41) is 21.8. The number of carbonyl (C=O) groups excluding carboxylic acids is 1. The second-order valence-corrected chi connectivity index (χ2v) is 4.56. The highest BCUT2D eigenvalue weighted by molar-refractivity contribution is 6.01. The number of likely N-dealkylation sites (N-methyl/N-ethyl adjacent to an activating group) is 1. The molecule has 0 saturated carbocycles. The van der Waals surface area contributed by atoms with E-state index in [-0.39, 0.29) is 29.4 Å². The average molecular weight is 317 g/mol. The molecule has 0 spiro atoms. The second-order valence-electron chi connectivity index (χ2n) is 4.56. The van der Waals surface area contributed by atoms with E-state index in [4.69, 9.17) is 4.74 Å². The molecule has 7 heteroatoms. The van der Waals surface area contributed by atoms with Gasteiger partial charge in [0, 0.05) is 13.1 Å². The van der Waals surface area contributed by atoms with Crippen LogP contribution in [0.5, 0.6) is 11.5 Å². The lowest BCUT2D eigenvalue weighted by Gasteiger charge is -2.17. The van der Waals surface area contributed by atoms with Crippen LogP contribution >= 0.6 is 0 Å². The number of phenolic OH excluding ortho intramolecular Hbond substituents is 1. The summed E-state index contributed by atoms with van der Waals surface area (Å²) in [7, 11) is 0. The monoisotopic (exact) mass is 317 g/mol. The Balaban J connectivity index is 3.33. The maximum absolute atomic E-state index is 12.2. The number of ether oxygens (including phenoxy) is 1. The molecule has 0 atom stereocenters. The van der Waals surface area contributed by atoms with Gasteiger partial charge in [-0.3, -0.25) is 4.79 Å². The number of nitriles is 1. The van der Waals surface area contributed by atoms with Crippen LogP contribution in [0.1, 0.15) is 26.3 Å². The fourth-order valence-corrected chi connectivity index (χ4v) is 2.02. The molecule has 0 aliphatic heterocycles. The number of hydrogen-bond acceptors (Lipinski definition) is 6. The van der Waals surface area contributed by atoms with E-state index in [2.05, 4.69) is 5.18 Å². The number of rotatable bonds is 7. The van der Waals surface area contributed by atoms with Crippen molar-refractivity contribution in [2.75, 3.05) is 19.7 Å². The van der Waals surface area contributed by atoms with Crippen molar-refractivity contribution in [2.45, 2.75) is 20.8 Å². The summed E-state index contributed by atoms with van der Waals surface area (Å²) >= 11 is 0. The Morgan fingerprint density at radius 3 is 2.52 bits per heavy atom. The number of phenols is 1. The van der Waals surface area contributed by atoms with Crippen molar-refractivity contribution >= 4 is 17.7 Å². The average Bonchev–Trinajstić information content (AvgIpc) is 2.56. The van der Waals surface area contributed by atoms with Crippen LogP contribution in [-0.2, 0) is 4.79 Å². The van der Waals surface area contributed by atoms with Crippen molar-refractivity contribution in [3.63, 3.8) is 0 Å². The highest BCUT2D eigenvalue weighted by Crippen LogP contribution is 2.38. The zero-order valence-corrected chi connectivity index (χ0v) is 13.4. The molecule has 0 aliphatic rings. The van der Waals surface area contributed by atoms with Gasteiger partial charge in [0.15, 0.2) is 17.2 Å². The number of nitroso groups, excluding NO2 is 1. The SMILES string of the molecule is CCOc1cc(/C=C(\C#N)C(=O)N(CC)CC)cc(N=O)c1O. The Bertz CT molecular complexity index is 658. The third-order valence-electron chi connectivity index (χ3n) is 3.19. The summed E-state index contributed by atoms with van der Waals surface area (Å²) in [6, 6.07) is 4.60. The van der Waals surface area contributed by atoms with Gasteiger partial charge >= 0.3 is 0 Å². The van der Waals surface area contributed by atoms with E-state index in [0.29, 0.717) is 18.7 Å². The van der Waals surface area contributed by atoms with Gasteiger partial charge in [-0.05, 0) is 49.7 Å². The predicted molar refractivity (Wildman–Crippen MR) is 86.2 cm³/mol. The molecule has 0 bridgehead atoms. The molecule has 0 aromatic heterocycles. The first-order valence-electron chi connectivity index (χ1n) is 7.26. The van der Waals surface area contributed by atoms with Crippen molar-refractivity contribution < 1.29 is 14.6 Å². The molecular weight excluding hydrogens is 298 g/mol. The maximum Gasteiger partial charge on any atom is 0.264 e. The first-order chi connectivity index (χ1) is 11.0. The number of nitrogens with zero attached hydrogens (tertiary/aromatic N) is 3. The fourth-order valence-electron chi connectivity index (χ4n) is 2.02. The smallest absolute Gasteiger partial charge is 0.264 e. The van der Waals surface area contributed by atoms with Crippen molar-refractivity contribution in [2.24, 2.45) is 5.18 Å². The van der Waals surface area contributed by atoms with Crippen LogP contribution < -0.4 is 4.74 Å². The molecular formula is C16H19N3O4. The molecule has 0 fully saturated rings. The Morgan fingerprint density at radius 2 is 2.04 bits per heavy atom. The molecule has 1 aromatic rings. The lowest BCUT2D eigenvalue weighted by molar-refractivity contribution is -0.126. The van der Waals surface area contributed by atoms with Crippen LogP contribution in [0.3, 0.4) is 0 Å². The van der Waals surface area contributed by atoms with Gasteiger partial charge in [0.05, 0.1) is 6.61 Å². The van der Waals surface area contributed by atoms with Crippen LogP contribution in [0.15, 0.2) is 22.9 Å². The molecule has 122 valence electrons. The van der Waals surface area contributed by atoms with Gasteiger partial charge in [0.25, 0.3) is 5.91 Å². The maximum atomic E-state index is 12.2. The Kier molecular flexibility index (Phi) is 6.74. The summed E-state index contributed by atoms with van der Waals surface area (Å²) in [6.45, 7) is 6.60. The van der Waals surface area contributed by atoms with Crippen molar-refractivity contribution in [3.05, 3.63) is 28.2 Å². The van der Waals surface area contributed by atoms with Crippen LogP contribution in [-0.4, -0.2) is 35.6 Å². The molecule has 7 nitrogen and oxygen atoms in total. The fraction of sp³-hybridized carbons (Fsp3) is 0.375. The third kappa shape index (κ3) is 4.30. The summed E-state index contributed by atoms with van der Waals surface area (Å²) in [5.74, 6) is -0.694. The minimum atomic E-state index is -0.399. The second kappa shape index (κ2) is 8.54. The van der Waals surface area contributed by atoms with E-state index in [1.54, 1.807) is 6.92 Å². The van der Waals surface area contributed by atoms with Crippen LogP contribution in [0, 0.1) is 16.2 Å². The molecule has 23 heavy (non-hydrogen) atoms. The van der Waals surface area contributed by atoms with Crippen LogP contribution in [0.4, 0.5) is 5.69 Å². The quantitative estimate of drug-likeness (QED) is 0.473. The zero-order valence-electron chi connectivity index (χ0n) is 13.4. The Morgan fingerprint density at radius 1 is 1.39 bits per heavy atom. The molecule has 0 unspecified atom stereocenters. The summed E-state index contributed by atoms with van der Waals surface area (Å²) in [6.07, 6.45) is 1.34. The molecule has 1 aromatic carbocycles. The van der Waals surface area contributed by atoms with E-state index in [1.165, 1.54) is 23.1 Å². The topological polar surface area (TPSA) is 103 Å². The number of benzene rings is 1. The summed E-state index contributed by atoms with van der Waals surface area (Å²) in [4.78, 5) is 24.6. The minimum Gasteiger partial charge on any atom is -0.503 e. The van der Waals surface area contributed by atoms with Gasteiger partial charge in [-0.25, -0.2) is 0 Å². The highest BCUT2D eigenvalue weighted by atomic mass is 16.5. The molecule has 1 N–H and O–H groups in total. The van der Waals surface area contributed by atoms with Gasteiger partial charge in [-0.1, -0.05) is 0 Å². The van der Waals surface area contributed by atoms with Crippen molar-refractivity contribution in [1.82, 2.24) is 4.90 Å². The number of hydrogen-bond donors (Lipinski definition) is 1. The Hall–Kier alpha value is -2.88. The highest BCUT2D eigenvalue weighted by Gasteiger charge is 2.17. The molecule has 1 rings (SSSR count). The van der Waals surface area contributed by atoms with Gasteiger partial charge in [0.1, 0.15) is 11.6 Å². The molecule has 1 amide bonds. The lowest BCUT2D eigenvalue weighted by Crippen LogP contribution is -2.31. The lowest BCUT2D eigenvalue weighted by atomic mass is 10.1. The van der Waals surface area contributed by atoms with E-state index in [9.17, 15) is 20.1 Å². The van der Waals surface area contributed by atoms with Gasteiger partial charge in [-0.15, -0.1) is 4.91 Å². The number of amides is 1. The van der Waals surface area contributed by atoms with Gasteiger partial charge < -0.3 is 14.7 Å². The van der Waals surface area contributed by atoms with Gasteiger partial charge in [-0.2, -0.15) is 5.26 Å². The van der Waals surface area contributed by atoms with Crippen LogP contribution in [0.25, 0.3) is 6.08 Å². The molecule has 0 aliphatic carbocycles. The first kappa shape index (κ1) is 18.2. The standard InChI is InChI=1S/C16H19N3O4/c1-4-19(5-2)16(21)12(10-17)7-11-8-13(18-22)15(20)14(9-11)23-6-3/h7-9,20H,4-6H2,1-3H3/b12-7+. The summed E-state index contributed by atoms with van der Waals surface area (Å²) in [5.41, 5.74) is 0.0892. The van der Waals surface area contributed by atoms with E-state index < -0.39 is 5.91 Å². The normalized spacial score (nSPS) is 10.8. The number of carbonyl (C=O) groups is 1. The van der Waals surface area contributed by atoms with E-state index in [0.717, 1.165) is 0 Å². The third-order valence-corrected chi connectivity index (χ3v) is 3.19. The predicted octanol–water partition coefficient (Wildman–Crippen LogP) is 2.96. The Labute approximate surface area is 134 Å². The first-order valence-corrected chi connectivity index (χ1v) is 7.26. The molecule has 0 radical (unpaired) electrons. The summed E-state index contributed by atoms with van der Waals surface area (Å²) < 4.78 is 5.23. The molecule has 0 saturated heterocycles. The van der Waals surface area contributed by atoms with Crippen LogP contribution in [0.2, 0.25) is 0 Å². The molecule has 0 heterocycles. The number of aromatic hydroxyl groups is 1. The van der Waals surface area contributed by atoms with Crippen molar-refractivity contribution in [3.8, 4) is 17.6 Å². The minimum absolute atomic E-state index is 0.0707. The van der Waals surface area contributed by atoms with Crippen molar-refractivity contribution in [1.29, 1.82) is 5.26 Å². The van der Waals surface area contributed by atoms with E-state index in [1.807, 2.05) is 19.9 Å². The van der Waals surface area contributed by atoms with Gasteiger partial charge in [0.2, 0.25) is 0 Å². The van der Waals surface area contributed by atoms with E-state index >= 15 is 0 Å². The largest absolute Gasteiger partial charge is 0.503 e.